The van der Waals surface area contributed by atoms with Gasteiger partial charge in [0.25, 0.3) is 0 Å². The lowest BCUT2D eigenvalue weighted by atomic mass is 9.33. The molecule has 332 valence electrons. The molecular formula is C42H68O16. The van der Waals surface area contributed by atoms with Crippen LogP contribution in [0.3, 0.4) is 0 Å². The Morgan fingerprint density at radius 3 is 2.02 bits per heavy atom. The van der Waals surface area contributed by atoms with Crippen molar-refractivity contribution >= 4 is 5.97 Å². The number of aliphatic hydroxyl groups excluding tert-OH is 10. The molecule has 7 rings (SSSR count). The Kier molecular flexibility index (Phi) is 11.7. The molecule has 5 aliphatic carbocycles. The van der Waals surface area contributed by atoms with Gasteiger partial charge in [0.05, 0.1) is 43.5 Å². The second kappa shape index (κ2) is 15.2. The molecule has 7 aliphatic rings. The number of hydrogen-bond acceptors (Lipinski definition) is 15. The molecule has 4 saturated carbocycles. The van der Waals surface area contributed by atoms with Crippen molar-refractivity contribution in [2.45, 2.75) is 173 Å². The zero-order valence-electron chi connectivity index (χ0n) is 34.6. The first kappa shape index (κ1) is 44.7. The van der Waals surface area contributed by atoms with Gasteiger partial charge in [0.2, 0.25) is 0 Å². The summed E-state index contributed by atoms with van der Waals surface area (Å²) in [5, 5.41) is 119. The van der Waals surface area contributed by atoms with Crippen LogP contribution in [-0.4, -0.2) is 162 Å². The van der Waals surface area contributed by atoms with Gasteiger partial charge >= 0.3 is 5.97 Å². The molecule has 2 heterocycles. The van der Waals surface area contributed by atoms with Crippen molar-refractivity contribution in [3.8, 4) is 0 Å². The van der Waals surface area contributed by atoms with Crippen molar-refractivity contribution in [2.75, 3.05) is 19.8 Å². The Bertz CT molecular complexity index is 1570. The molecular weight excluding hydrogens is 760 g/mol. The van der Waals surface area contributed by atoms with Gasteiger partial charge in [0.15, 0.2) is 18.7 Å². The Labute approximate surface area is 339 Å². The van der Waals surface area contributed by atoms with Crippen molar-refractivity contribution in [3.05, 3.63) is 11.6 Å². The number of carboxylic acids is 1. The van der Waals surface area contributed by atoms with Gasteiger partial charge in [-0.15, -0.1) is 0 Å². The van der Waals surface area contributed by atoms with Crippen LogP contribution in [0.1, 0.15) is 92.9 Å². The number of aliphatic hydroxyl groups is 10. The van der Waals surface area contributed by atoms with Crippen LogP contribution < -0.4 is 0 Å². The van der Waals surface area contributed by atoms with Crippen molar-refractivity contribution in [3.63, 3.8) is 0 Å². The molecule has 2 aliphatic heterocycles. The summed E-state index contributed by atoms with van der Waals surface area (Å²) >= 11 is 0. The van der Waals surface area contributed by atoms with Crippen molar-refractivity contribution < 1.29 is 79.9 Å². The maximum absolute atomic E-state index is 12.3. The second-order valence-corrected chi connectivity index (χ2v) is 20.8. The molecule has 0 spiro atoms. The van der Waals surface area contributed by atoms with Crippen LogP contribution in [0.5, 0.6) is 0 Å². The largest absolute Gasteiger partial charge is 0.479 e. The third-order valence-corrected chi connectivity index (χ3v) is 17.5. The number of fused-ring (bicyclic) bond motifs is 7. The zero-order chi connectivity index (χ0) is 42.7. The average Bonchev–Trinajstić information content (AvgIpc) is 3.15. The van der Waals surface area contributed by atoms with Crippen LogP contribution in [0.25, 0.3) is 0 Å². The van der Waals surface area contributed by atoms with Crippen LogP contribution in [0.2, 0.25) is 0 Å². The molecule has 0 bridgehead atoms. The lowest BCUT2D eigenvalue weighted by Crippen LogP contribution is -2.70. The summed E-state index contributed by atoms with van der Waals surface area (Å²) in [6.07, 6.45) is -13.1. The molecule has 2 saturated heterocycles. The number of ether oxygens (including phenoxy) is 4. The van der Waals surface area contributed by atoms with Gasteiger partial charge in [0.1, 0.15) is 42.7 Å². The monoisotopic (exact) mass is 828 g/mol. The first-order valence-electron chi connectivity index (χ1n) is 21.2. The lowest BCUT2D eigenvalue weighted by molar-refractivity contribution is -0.366. The second-order valence-electron chi connectivity index (χ2n) is 20.8. The van der Waals surface area contributed by atoms with Crippen molar-refractivity contribution in [1.29, 1.82) is 0 Å². The van der Waals surface area contributed by atoms with Crippen LogP contribution in [0, 0.1) is 50.2 Å². The Morgan fingerprint density at radius 1 is 0.741 bits per heavy atom. The molecule has 0 amide bonds. The minimum atomic E-state index is -2.00. The van der Waals surface area contributed by atoms with Gasteiger partial charge in [-0.3, -0.25) is 0 Å². The molecule has 21 atom stereocenters. The van der Waals surface area contributed by atoms with Crippen LogP contribution in [0.4, 0.5) is 0 Å². The highest BCUT2D eigenvalue weighted by Crippen LogP contribution is 2.76. The molecule has 6 fully saturated rings. The normalized spacial score (nSPS) is 55.3. The fourth-order valence-corrected chi connectivity index (χ4v) is 14.0. The zero-order valence-corrected chi connectivity index (χ0v) is 34.6. The smallest absolute Gasteiger partial charge is 0.335 e. The topological polar surface area (TPSA) is 277 Å². The van der Waals surface area contributed by atoms with E-state index < -0.39 is 109 Å². The highest BCUT2D eigenvalue weighted by atomic mass is 16.7. The van der Waals surface area contributed by atoms with E-state index in [1.807, 2.05) is 6.92 Å². The standard InChI is InChI=1S/C42H68O16/c1-37(2)13-20-19-7-8-23-38(3)11-10-26(39(4,17-44)22(38)9-12-40(23,5)41(19,6)15-25(47)42(20,18-45)24(46)14-37)56-36-31(52)32(30(51)33(58-36)34(53)54)57-35-29(50)28(49)27(48)21(16-43)55-35/h7,20-33,35-36,43-52H,8-18H2,1-6H3,(H,53,54)/t20-,21-,22-,23-,24+,25?,26?,27-,28+,29-,30+,31-,32+,33+,35+,36-,38+,39+,40-,41-,42?/m1/s1. The van der Waals surface area contributed by atoms with Gasteiger partial charge in [-0.05, 0) is 90.8 Å². The summed E-state index contributed by atoms with van der Waals surface area (Å²) in [4.78, 5) is 12.3. The highest BCUT2D eigenvalue weighted by Gasteiger charge is 2.72. The molecule has 0 aromatic heterocycles. The number of carbonyl (C=O) groups is 1. The summed E-state index contributed by atoms with van der Waals surface area (Å²) in [5.74, 6) is -1.77. The number of aliphatic carboxylic acids is 1. The molecule has 11 N–H and O–H groups in total. The number of rotatable bonds is 8. The van der Waals surface area contributed by atoms with Gasteiger partial charge in [-0.1, -0.05) is 53.2 Å². The van der Waals surface area contributed by atoms with Gasteiger partial charge in [-0.25, -0.2) is 4.79 Å². The van der Waals surface area contributed by atoms with Gasteiger partial charge in [-0.2, -0.15) is 0 Å². The summed E-state index contributed by atoms with van der Waals surface area (Å²) < 4.78 is 23.3. The minimum absolute atomic E-state index is 0.108. The van der Waals surface area contributed by atoms with E-state index in [-0.39, 0.29) is 47.2 Å². The third-order valence-electron chi connectivity index (χ3n) is 17.5. The molecule has 0 aromatic rings. The Balaban J connectivity index is 1.16. The van der Waals surface area contributed by atoms with Crippen molar-refractivity contribution in [1.82, 2.24) is 0 Å². The van der Waals surface area contributed by atoms with Crippen LogP contribution in [0.15, 0.2) is 11.6 Å². The number of carboxylic acid groups (broad SMARTS) is 1. The van der Waals surface area contributed by atoms with E-state index in [1.54, 1.807) is 0 Å². The van der Waals surface area contributed by atoms with Crippen LogP contribution >= 0.6 is 0 Å². The summed E-state index contributed by atoms with van der Waals surface area (Å²) in [7, 11) is 0. The van der Waals surface area contributed by atoms with E-state index in [9.17, 15) is 61.0 Å². The molecule has 16 nitrogen and oxygen atoms in total. The molecule has 0 aromatic carbocycles. The third kappa shape index (κ3) is 6.33. The SMILES string of the molecule is CC1(C)C[C@@H]2C3=CC[C@@H]4[C@@]5(C)CCC(O[C@@H]6O[C@H](C(=O)O)[C@@H](O)[C@H](O[C@@H]7O[C@H](CO)[C@@H](O)[C@H](O)[C@H]7O)[C@H]6O)[C@@](C)(CO)[C@@H]5CC[C@@]4(C)[C@]3(C)CC(O)C2(CO)[C@@H](O)C1. The van der Waals surface area contributed by atoms with E-state index >= 15 is 0 Å². The highest BCUT2D eigenvalue weighted by molar-refractivity contribution is 5.73. The minimum Gasteiger partial charge on any atom is -0.479 e. The summed E-state index contributed by atoms with van der Waals surface area (Å²) in [6.45, 7) is 11.7. The van der Waals surface area contributed by atoms with Crippen LogP contribution in [-0.2, 0) is 23.7 Å². The summed E-state index contributed by atoms with van der Waals surface area (Å²) in [6, 6.07) is 0. The van der Waals surface area contributed by atoms with Crippen molar-refractivity contribution in [2.24, 2.45) is 50.2 Å². The first-order chi connectivity index (χ1) is 27.0. The van der Waals surface area contributed by atoms with E-state index in [0.29, 0.717) is 32.1 Å². The number of allylic oxidation sites excluding steroid dienone is 2. The molecule has 16 heteroatoms. The Morgan fingerprint density at radius 2 is 1.40 bits per heavy atom. The predicted octanol–water partition coefficient (Wildman–Crippen LogP) is -0.204. The molecule has 0 radical (unpaired) electrons. The van der Waals surface area contributed by atoms with E-state index in [0.717, 1.165) is 19.3 Å². The van der Waals surface area contributed by atoms with Gasteiger partial charge in [0, 0.05) is 5.41 Å². The maximum Gasteiger partial charge on any atom is 0.335 e. The lowest BCUT2D eigenvalue weighted by Gasteiger charge is -2.72. The molecule has 58 heavy (non-hydrogen) atoms. The van der Waals surface area contributed by atoms with E-state index in [1.165, 1.54) is 5.57 Å². The fourth-order valence-electron chi connectivity index (χ4n) is 14.0. The van der Waals surface area contributed by atoms with Gasteiger partial charge < -0.3 is 75.1 Å². The number of hydrogen-bond donors (Lipinski definition) is 11. The Hall–Kier alpha value is -1.35. The summed E-state index contributed by atoms with van der Waals surface area (Å²) in [5.41, 5.74) is -1.97. The predicted molar refractivity (Wildman–Crippen MR) is 202 cm³/mol. The quantitative estimate of drug-likeness (QED) is 0.112. The van der Waals surface area contributed by atoms with E-state index in [4.69, 9.17) is 18.9 Å². The molecule has 3 unspecified atom stereocenters. The fraction of sp³-hybridized carbons (Fsp3) is 0.929. The van der Waals surface area contributed by atoms with E-state index in [2.05, 4.69) is 40.7 Å². The average molecular weight is 829 g/mol. The first-order valence-corrected chi connectivity index (χ1v) is 21.2. The maximum atomic E-state index is 12.3.